The summed E-state index contributed by atoms with van der Waals surface area (Å²) in [5.41, 5.74) is 9.31. The molecule has 118 valence electrons. The molecule has 0 saturated carbocycles. The summed E-state index contributed by atoms with van der Waals surface area (Å²) in [6.07, 6.45) is 4.40. The fraction of sp³-hybridized carbons (Fsp3) is 0.222. The van der Waals surface area contributed by atoms with Crippen molar-refractivity contribution in [1.29, 1.82) is 0 Å². The lowest BCUT2D eigenvalue weighted by molar-refractivity contribution is 0.579. The molecule has 1 aliphatic rings. The summed E-state index contributed by atoms with van der Waals surface area (Å²) in [5, 5.41) is 0.997. The third kappa shape index (κ3) is 2.28. The normalized spacial score (nSPS) is 18.0. The van der Waals surface area contributed by atoms with Crippen molar-refractivity contribution in [3.8, 4) is 0 Å². The van der Waals surface area contributed by atoms with Gasteiger partial charge in [-0.05, 0) is 54.7 Å². The first-order chi connectivity index (χ1) is 11.1. The Kier molecular flexibility index (Phi) is 3.28. The van der Waals surface area contributed by atoms with Gasteiger partial charge in [0, 0.05) is 17.6 Å². The van der Waals surface area contributed by atoms with Crippen LogP contribution in [0.5, 0.6) is 0 Å². The van der Waals surface area contributed by atoms with Crippen LogP contribution in [0.2, 0.25) is 0 Å². The molecule has 0 spiro atoms. The van der Waals surface area contributed by atoms with Crippen LogP contribution >= 0.6 is 0 Å². The lowest BCUT2D eigenvalue weighted by Gasteiger charge is -2.22. The highest BCUT2D eigenvalue weighted by Crippen LogP contribution is 2.31. The second-order valence-electron chi connectivity index (χ2n) is 6.07. The third-order valence-electron chi connectivity index (χ3n) is 4.60. The van der Waals surface area contributed by atoms with Crippen LogP contribution in [0, 0.1) is 0 Å². The van der Waals surface area contributed by atoms with Gasteiger partial charge in [0.2, 0.25) is 0 Å². The van der Waals surface area contributed by atoms with Crippen LogP contribution in [0.3, 0.4) is 0 Å². The molecule has 1 aromatic heterocycles. The molecule has 0 bridgehead atoms. The van der Waals surface area contributed by atoms with Crippen molar-refractivity contribution in [2.45, 2.75) is 30.2 Å². The number of benzene rings is 2. The second kappa shape index (κ2) is 5.22. The van der Waals surface area contributed by atoms with E-state index in [-0.39, 0.29) is 6.04 Å². The number of hydrogen-bond donors (Lipinski definition) is 1. The number of nitrogens with zero attached hydrogens (tertiary/aromatic N) is 1. The van der Waals surface area contributed by atoms with E-state index in [0.717, 1.165) is 30.2 Å². The van der Waals surface area contributed by atoms with Crippen LogP contribution < -0.4 is 5.73 Å². The molecule has 0 aliphatic heterocycles. The molecule has 5 heteroatoms. The smallest absolute Gasteiger partial charge is 0.268 e. The molecule has 0 radical (unpaired) electrons. The van der Waals surface area contributed by atoms with Gasteiger partial charge in [0.15, 0.2) is 0 Å². The molecule has 0 amide bonds. The minimum Gasteiger partial charge on any atom is -0.327 e. The summed E-state index contributed by atoms with van der Waals surface area (Å²) >= 11 is 0. The average molecular weight is 326 g/mol. The summed E-state index contributed by atoms with van der Waals surface area (Å²) in [4.78, 5) is 0.298. The number of aryl methyl sites for hydroxylation is 1. The van der Waals surface area contributed by atoms with Crippen molar-refractivity contribution in [1.82, 2.24) is 3.97 Å². The van der Waals surface area contributed by atoms with E-state index in [1.165, 1.54) is 15.1 Å². The molecule has 23 heavy (non-hydrogen) atoms. The van der Waals surface area contributed by atoms with Gasteiger partial charge in [0.25, 0.3) is 10.0 Å². The zero-order valence-corrected chi connectivity index (χ0v) is 13.5. The minimum atomic E-state index is -3.58. The van der Waals surface area contributed by atoms with Crippen molar-refractivity contribution in [2.24, 2.45) is 5.73 Å². The SMILES string of the molecule is NC1CCc2ccc3c(ccn3S(=O)(=O)c3ccccc3)c2C1. The van der Waals surface area contributed by atoms with E-state index in [1.54, 1.807) is 30.5 Å². The van der Waals surface area contributed by atoms with Crippen LogP contribution in [0.25, 0.3) is 10.9 Å². The van der Waals surface area contributed by atoms with Gasteiger partial charge in [0.05, 0.1) is 10.4 Å². The van der Waals surface area contributed by atoms with Gasteiger partial charge < -0.3 is 5.73 Å². The first kappa shape index (κ1) is 14.5. The van der Waals surface area contributed by atoms with E-state index in [1.807, 2.05) is 24.3 Å². The number of hydrogen-bond acceptors (Lipinski definition) is 3. The summed E-state index contributed by atoms with van der Waals surface area (Å²) in [5.74, 6) is 0. The van der Waals surface area contributed by atoms with Crippen LogP contribution in [-0.4, -0.2) is 18.4 Å². The Morgan fingerprint density at radius 1 is 1.04 bits per heavy atom. The Labute approximate surface area is 135 Å². The Morgan fingerprint density at radius 2 is 1.83 bits per heavy atom. The number of nitrogens with two attached hydrogens (primary N) is 1. The first-order valence-corrected chi connectivity index (χ1v) is 9.19. The molecule has 4 rings (SSSR count). The van der Waals surface area contributed by atoms with Crippen LogP contribution in [0.15, 0.2) is 59.6 Å². The van der Waals surface area contributed by atoms with Crippen molar-refractivity contribution in [3.63, 3.8) is 0 Å². The maximum atomic E-state index is 12.9. The molecule has 0 saturated heterocycles. The largest absolute Gasteiger partial charge is 0.327 e. The van der Waals surface area contributed by atoms with E-state index in [2.05, 4.69) is 0 Å². The fourth-order valence-electron chi connectivity index (χ4n) is 3.39. The molecular formula is C18H18N2O2S. The lowest BCUT2D eigenvalue weighted by atomic mass is 9.87. The molecule has 1 heterocycles. The van der Waals surface area contributed by atoms with Gasteiger partial charge in [-0.15, -0.1) is 0 Å². The number of aromatic nitrogens is 1. The highest BCUT2D eigenvalue weighted by molar-refractivity contribution is 7.90. The van der Waals surface area contributed by atoms with Crippen LogP contribution in [0.4, 0.5) is 0 Å². The van der Waals surface area contributed by atoms with Gasteiger partial charge in [-0.2, -0.15) is 0 Å². The van der Waals surface area contributed by atoms with Gasteiger partial charge in [-0.1, -0.05) is 24.3 Å². The molecule has 4 nitrogen and oxygen atoms in total. The monoisotopic (exact) mass is 326 g/mol. The molecule has 2 aromatic carbocycles. The van der Waals surface area contributed by atoms with Crippen molar-refractivity contribution in [2.75, 3.05) is 0 Å². The Balaban J connectivity index is 1.92. The molecule has 1 unspecified atom stereocenters. The van der Waals surface area contributed by atoms with Crippen molar-refractivity contribution < 1.29 is 8.42 Å². The Morgan fingerprint density at radius 3 is 2.61 bits per heavy atom. The fourth-order valence-corrected chi connectivity index (χ4v) is 4.76. The minimum absolute atomic E-state index is 0.155. The summed E-state index contributed by atoms with van der Waals surface area (Å²) in [6, 6.07) is 14.5. The number of fused-ring (bicyclic) bond motifs is 3. The highest BCUT2D eigenvalue weighted by atomic mass is 32.2. The van der Waals surface area contributed by atoms with Crippen LogP contribution in [-0.2, 0) is 22.9 Å². The summed E-state index contributed by atoms with van der Waals surface area (Å²) in [7, 11) is -3.58. The Bertz CT molecular complexity index is 975. The van der Waals surface area contributed by atoms with E-state index in [9.17, 15) is 8.42 Å². The third-order valence-corrected chi connectivity index (χ3v) is 6.30. The Hall–Kier alpha value is -2.11. The first-order valence-electron chi connectivity index (χ1n) is 7.75. The zero-order valence-electron chi connectivity index (χ0n) is 12.6. The van der Waals surface area contributed by atoms with Gasteiger partial charge in [-0.25, -0.2) is 12.4 Å². The maximum absolute atomic E-state index is 12.9. The summed E-state index contributed by atoms with van der Waals surface area (Å²) < 4.78 is 27.1. The molecule has 3 aromatic rings. The van der Waals surface area contributed by atoms with Crippen molar-refractivity contribution >= 4 is 20.9 Å². The quantitative estimate of drug-likeness (QED) is 0.787. The topological polar surface area (TPSA) is 65.1 Å². The second-order valence-corrected chi connectivity index (χ2v) is 7.88. The van der Waals surface area contributed by atoms with E-state index >= 15 is 0 Å². The summed E-state index contributed by atoms with van der Waals surface area (Å²) in [6.45, 7) is 0. The molecular weight excluding hydrogens is 308 g/mol. The molecule has 1 atom stereocenters. The van der Waals surface area contributed by atoms with Gasteiger partial charge >= 0.3 is 0 Å². The standard InChI is InChI=1S/C18H18N2O2S/c19-14-8-6-13-7-9-18-16(17(13)12-14)10-11-20(18)23(21,22)15-4-2-1-3-5-15/h1-5,7,9-11,14H,6,8,12,19H2. The van der Waals surface area contributed by atoms with E-state index in [0.29, 0.717) is 4.90 Å². The van der Waals surface area contributed by atoms with Gasteiger partial charge in [0.1, 0.15) is 0 Å². The van der Waals surface area contributed by atoms with Crippen molar-refractivity contribution in [3.05, 3.63) is 65.9 Å². The zero-order chi connectivity index (χ0) is 16.0. The van der Waals surface area contributed by atoms with E-state index < -0.39 is 10.0 Å². The maximum Gasteiger partial charge on any atom is 0.268 e. The number of rotatable bonds is 2. The predicted octanol–water partition coefficient (Wildman–Crippen LogP) is 2.69. The van der Waals surface area contributed by atoms with Gasteiger partial charge in [-0.3, -0.25) is 0 Å². The molecule has 0 fully saturated rings. The van der Waals surface area contributed by atoms with Crippen LogP contribution in [0.1, 0.15) is 17.5 Å². The van der Waals surface area contributed by atoms with E-state index in [4.69, 9.17) is 5.73 Å². The molecule has 1 aliphatic carbocycles. The average Bonchev–Trinajstić information content (AvgIpc) is 3.01. The predicted molar refractivity (Wildman–Crippen MR) is 91.0 cm³/mol. The highest BCUT2D eigenvalue weighted by Gasteiger charge is 2.23. The molecule has 2 N–H and O–H groups in total. The lowest BCUT2D eigenvalue weighted by Crippen LogP contribution is -2.27.